The number of carbonyl (C=O) groups is 1. The maximum absolute atomic E-state index is 12.4. The van der Waals surface area contributed by atoms with Crippen molar-refractivity contribution in [3.63, 3.8) is 0 Å². The van der Waals surface area contributed by atoms with E-state index in [4.69, 9.17) is 4.74 Å². The first-order chi connectivity index (χ1) is 13.3. The molecular formula is C23H21N2O2+. The predicted molar refractivity (Wildman–Crippen MR) is 106 cm³/mol. The Kier molecular flexibility index (Phi) is 3.73. The molecule has 0 spiro atoms. The van der Waals surface area contributed by atoms with E-state index in [2.05, 4.69) is 71.0 Å². The molecule has 1 aliphatic heterocycles. The average molecular weight is 357 g/mol. The Balaban J connectivity index is 1.75. The molecule has 0 amide bonds. The van der Waals surface area contributed by atoms with Crippen LogP contribution in [0.25, 0.3) is 21.7 Å². The molecule has 3 aromatic carbocycles. The molecule has 1 aliphatic rings. The molecule has 2 atom stereocenters. The lowest BCUT2D eigenvalue weighted by molar-refractivity contribution is -0.712. The third kappa shape index (κ3) is 2.53. The van der Waals surface area contributed by atoms with Gasteiger partial charge in [0.1, 0.15) is 0 Å². The van der Waals surface area contributed by atoms with E-state index in [0.717, 1.165) is 5.52 Å². The lowest BCUT2D eigenvalue weighted by Crippen LogP contribution is -2.94. The molecule has 0 fully saturated rings. The highest BCUT2D eigenvalue weighted by molar-refractivity contribution is 5.89. The van der Waals surface area contributed by atoms with Gasteiger partial charge in [-0.15, -0.1) is 0 Å². The van der Waals surface area contributed by atoms with Crippen LogP contribution in [-0.2, 0) is 16.0 Å². The number of rotatable bonds is 2. The van der Waals surface area contributed by atoms with E-state index in [1.807, 2.05) is 6.07 Å². The van der Waals surface area contributed by atoms with E-state index < -0.39 is 0 Å². The Bertz CT molecular complexity index is 1160. The number of quaternary nitrogens is 1. The van der Waals surface area contributed by atoms with Gasteiger partial charge in [0, 0.05) is 22.9 Å². The molecule has 0 bridgehead atoms. The van der Waals surface area contributed by atoms with Crippen LogP contribution >= 0.6 is 0 Å². The van der Waals surface area contributed by atoms with Crippen molar-refractivity contribution < 1.29 is 14.8 Å². The Hall–Kier alpha value is -3.11. The largest absolute Gasteiger partial charge is 0.465 e. The molecule has 134 valence electrons. The summed E-state index contributed by atoms with van der Waals surface area (Å²) in [5.41, 5.74) is 4.75. The highest BCUT2D eigenvalue weighted by atomic mass is 16.5. The molecule has 0 saturated heterocycles. The zero-order valence-corrected chi connectivity index (χ0v) is 15.1. The zero-order chi connectivity index (χ0) is 18.4. The first-order valence-corrected chi connectivity index (χ1v) is 9.26. The number of aromatic amines is 1. The van der Waals surface area contributed by atoms with Gasteiger partial charge < -0.3 is 15.0 Å². The van der Waals surface area contributed by atoms with Crippen LogP contribution in [-0.4, -0.2) is 24.1 Å². The maximum atomic E-state index is 12.4. The van der Waals surface area contributed by atoms with Crippen molar-refractivity contribution in [1.29, 1.82) is 0 Å². The minimum atomic E-state index is -0.245. The van der Waals surface area contributed by atoms with Crippen LogP contribution in [0.1, 0.15) is 22.9 Å². The van der Waals surface area contributed by atoms with Crippen LogP contribution < -0.4 is 5.32 Å². The molecule has 3 N–H and O–H groups in total. The second kappa shape index (κ2) is 6.25. The number of methoxy groups -OCH3 is 1. The standard InChI is InChI=1S/C23H20N2O2/c1-27-23(26)20-13-18-16-10-4-5-12-19(16)24-22(18)21(25-20)17-11-6-8-14-7-2-3-9-15(14)17/h2-12,20-21,24-25H,13H2,1H3/p+1/t20-,21-/m1/s1. The van der Waals surface area contributed by atoms with Crippen molar-refractivity contribution in [2.24, 2.45) is 0 Å². The van der Waals surface area contributed by atoms with Crippen LogP contribution in [0.5, 0.6) is 0 Å². The highest BCUT2D eigenvalue weighted by Gasteiger charge is 2.38. The first kappa shape index (κ1) is 16.1. The second-order valence-corrected chi connectivity index (χ2v) is 7.14. The third-order valence-electron chi connectivity index (χ3n) is 5.67. The number of ether oxygens (including phenoxy) is 1. The number of esters is 1. The van der Waals surface area contributed by atoms with Crippen molar-refractivity contribution in [3.8, 4) is 0 Å². The normalized spacial score (nSPS) is 19.1. The molecule has 0 aliphatic carbocycles. The van der Waals surface area contributed by atoms with Gasteiger partial charge in [0.05, 0.1) is 12.8 Å². The van der Waals surface area contributed by atoms with E-state index in [9.17, 15) is 4.79 Å². The fraction of sp³-hybridized carbons (Fsp3) is 0.174. The number of benzene rings is 3. The van der Waals surface area contributed by atoms with Crippen molar-refractivity contribution in [1.82, 2.24) is 4.98 Å². The fourth-order valence-corrected chi connectivity index (χ4v) is 4.42. The van der Waals surface area contributed by atoms with Crippen molar-refractivity contribution in [2.75, 3.05) is 7.11 Å². The summed E-state index contributed by atoms with van der Waals surface area (Å²) in [5, 5.41) is 5.77. The van der Waals surface area contributed by atoms with Crippen LogP contribution in [0.2, 0.25) is 0 Å². The second-order valence-electron chi connectivity index (χ2n) is 7.14. The Labute approximate surface area is 157 Å². The van der Waals surface area contributed by atoms with Gasteiger partial charge in [-0.05, 0) is 22.4 Å². The Morgan fingerprint density at radius 2 is 1.74 bits per heavy atom. The molecule has 5 rings (SSSR count). The summed E-state index contributed by atoms with van der Waals surface area (Å²) < 4.78 is 5.08. The number of H-pyrrole nitrogens is 1. The number of fused-ring (bicyclic) bond motifs is 4. The number of para-hydroxylation sites is 1. The average Bonchev–Trinajstić information content (AvgIpc) is 3.11. The molecular weight excluding hydrogens is 336 g/mol. The van der Waals surface area contributed by atoms with Crippen LogP contribution in [0, 0.1) is 0 Å². The summed E-state index contributed by atoms with van der Waals surface area (Å²) in [6.07, 6.45) is 0.674. The van der Waals surface area contributed by atoms with Crippen molar-refractivity contribution >= 4 is 27.6 Å². The smallest absolute Gasteiger partial charge is 0.364 e. The number of hydrogen-bond donors (Lipinski definition) is 2. The summed E-state index contributed by atoms with van der Waals surface area (Å²) in [4.78, 5) is 16.0. The van der Waals surface area contributed by atoms with Crippen LogP contribution in [0.3, 0.4) is 0 Å². The molecule has 0 unspecified atom stereocenters. The van der Waals surface area contributed by atoms with Crippen molar-refractivity contribution in [3.05, 3.63) is 83.6 Å². The number of aromatic nitrogens is 1. The number of carbonyl (C=O) groups excluding carboxylic acids is 1. The third-order valence-corrected chi connectivity index (χ3v) is 5.67. The van der Waals surface area contributed by atoms with Gasteiger partial charge in [-0.1, -0.05) is 60.7 Å². The van der Waals surface area contributed by atoms with Gasteiger partial charge in [-0.25, -0.2) is 4.79 Å². The summed E-state index contributed by atoms with van der Waals surface area (Å²) in [6, 6.07) is 22.9. The van der Waals surface area contributed by atoms with E-state index >= 15 is 0 Å². The van der Waals surface area contributed by atoms with Crippen LogP contribution in [0.4, 0.5) is 0 Å². The lowest BCUT2D eigenvalue weighted by atomic mass is 9.88. The van der Waals surface area contributed by atoms with Gasteiger partial charge >= 0.3 is 5.97 Å². The zero-order valence-electron chi connectivity index (χ0n) is 15.1. The monoisotopic (exact) mass is 357 g/mol. The Morgan fingerprint density at radius 1 is 1.00 bits per heavy atom. The summed E-state index contributed by atoms with van der Waals surface area (Å²) in [5.74, 6) is -0.170. The number of hydrogen-bond acceptors (Lipinski definition) is 2. The first-order valence-electron chi connectivity index (χ1n) is 9.26. The SMILES string of the molecule is COC(=O)[C@H]1Cc2c([nH]c3ccccc23)[C@@H](c2cccc3ccccc23)[NH2+]1. The summed E-state index contributed by atoms with van der Waals surface area (Å²) >= 11 is 0. The molecule has 4 aromatic rings. The number of nitrogens with one attached hydrogen (secondary N) is 1. The van der Waals surface area contributed by atoms with Gasteiger partial charge in [-0.2, -0.15) is 0 Å². The molecule has 1 aromatic heterocycles. The minimum absolute atomic E-state index is 0.0244. The van der Waals surface area contributed by atoms with Gasteiger partial charge in [-0.3, -0.25) is 0 Å². The van der Waals surface area contributed by atoms with E-state index in [1.165, 1.54) is 40.1 Å². The Morgan fingerprint density at radius 3 is 2.59 bits per heavy atom. The molecule has 0 radical (unpaired) electrons. The van der Waals surface area contributed by atoms with E-state index in [1.54, 1.807) is 0 Å². The van der Waals surface area contributed by atoms with E-state index in [0.29, 0.717) is 6.42 Å². The summed E-state index contributed by atoms with van der Waals surface area (Å²) in [6.45, 7) is 0. The topological polar surface area (TPSA) is 58.7 Å². The number of nitrogens with two attached hydrogens (primary N) is 1. The van der Waals surface area contributed by atoms with Gasteiger partial charge in [0.25, 0.3) is 0 Å². The minimum Gasteiger partial charge on any atom is -0.465 e. The van der Waals surface area contributed by atoms with Crippen LogP contribution in [0.15, 0.2) is 66.7 Å². The van der Waals surface area contributed by atoms with Gasteiger partial charge in [0.2, 0.25) is 0 Å². The predicted octanol–water partition coefficient (Wildman–Crippen LogP) is 3.07. The quantitative estimate of drug-likeness (QED) is 0.542. The summed E-state index contributed by atoms with van der Waals surface area (Å²) in [7, 11) is 1.47. The highest BCUT2D eigenvalue weighted by Crippen LogP contribution is 2.34. The maximum Gasteiger partial charge on any atom is 0.364 e. The molecule has 27 heavy (non-hydrogen) atoms. The fourth-order valence-electron chi connectivity index (χ4n) is 4.42. The lowest BCUT2D eigenvalue weighted by Gasteiger charge is -2.27. The van der Waals surface area contributed by atoms with Gasteiger partial charge in [0.15, 0.2) is 12.1 Å². The molecule has 2 heterocycles. The van der Waals surface area contributed by atoms with E-state index in [-0.39, 0.29) is 18.1 Å². The molecule has 0 saturated carbocycles. The molecule has 4 nitrogen and oxygen atoms in total. The van der Waals surface area contributed by atoms with Crippen molar-refractivity contribution in [2.45, 2.75) is 18.5 Å². The molecule has 4 heteroatoms.